The molecule has 2 rings (SSSR count). The van der Waals surface area contributed by atoms with Gasteiger partial charge in [-0.05, 0) is 43.7 Å². The van der Waals surface area contributed by atoms with Crippen molar-refractivity contribution in [3.8, 4) is 11.8 Å². The Balaban J connectivity index is 1.96. The van der Waals surface area contributed by atoms with Gasteiger partial charge in [-0.25, -0.2) is 0 Å². The van der Waals surface area contributed by atoms with Gasteiger partial charge in [-0.3, -0.25) is 9.59 Å². The molecule has 5 nitrogen and oxygen atoms in total. The molecule has 0 aromatic heterocycles. The maximum Gasteiger partial charge on any atom is 0.313 e. The van der Waals surface area contributed by atoms with E-state index in [2.05, 4.69) is 22.5 Å². The van der Waals surface area contributed by atoms with Crippen LogP contribution in [0, 0.1) is 11.8 Å². The predicted molar refractivity (Wildman–Crippen MR) is 96.8 cm³/mol. The minimum atomic E-state index is -0.751. The molecule has 1 unspecified atom stereocenters. The van der Waals surface area contributed by atoms with Gasteiger partial charge in [0.25, 0.3) is 0 Å². The molecule has 0 spiro atoms. The normalized spacial score (nSPS) is 11.0. The van der Waals surface area contributed by atoms with Gasteiger partial charge in [0.1, 0.15) is 0 Å². The number of aliphatic hydroxyl groups is 1. The van der Waals surface area contributed by atoms with E-state index in [1.807, 2.05) is 36.4 Å². The van der Waals surface area contributed by atoms with Crippen molar-refractivity contribution in [2.24, 2.45) is 0 Å². The second-order valence-electron chi connectivity index (χ2n) is 5.54. The van der Waals surface area contributed by atoms with Crippen molar-refractivity contribution in [3.05, 3.63) is 65.7 Å². The number of carbonyl (C=O) groups excluding carboxylic acids is 2. The lowest BCUT2D eigenvalue weighted by atomic mass is 10.1. The van der Waals surface area contributed by atoms with Gasteiger partial charge in [0.2, 0.25) is 0 Å². The Morgan fingerprint density at radius 1 is 1.00 bits per heavy atom. The average molecular weight is 336 g/mol. The number of hydrogen-bond donors (Lipinski definition) is 3. The highest BCUT2D eigenvalue weighted by Crippen LogP contribution is 2.10. The van der Waals surface area contributed by atoms with E-state index in [-0.39, 0.29) is 6.54 Å². The molecule has 1 atom stereocenters. The van der Waals surface area contributed by atoms with Crippen molar-refractivity contribution in [1.82, 2.24) is 5.32 Å². The molecule has 0 aliphatic carbocycles. The van der Waals surface area contributed by atoms with Crippen molar-refractivity contribution in [1.29, 1.82) is 0 Å². The van der Waals surface area contributed by atoms with Gasteiger partial charge in [-0.15, -0.1) is 0 Å². The molecule has 0 aliphatic rings. The van der Waals surface area contributed by atoms with Crippen LogP contribution in [0.25, 0.3) is 0 Å². The zero-order chi connectivity index (χ0) is 18.1. The van der Waals surface area contributed by atoms with Gasteiger partial charge in [-0.2, -0.15) is 0 Å². The summed E-state index contributed by atoms with van der Waals surface area (Å²) in [6.45, 7) is 1.86. The van der Waals surface area contributed by atoms with Gasteiger partial charge < -0.3 is 15.7 Å². The molecule has 0 fully saturated rings. The third-order valence-corrected chi connectivity index (χ3v) is 3.30. The summed E-state index contributed by atoms with van der Waals surface area (Å²) in [4.78, 5) is 23.5. The summed E-state index contributed by atoms with van der Waals surface area (Å²) < 4.78 is 0. The van der Waals surface area contributed by atoms with Crippen LogP contribution in [0.2, 0.25) is 0 Å². The fraction of sp³-hybridized carbons (Fsp3) is 0.200. The monoisotopic (exact) mass is 336 g/mol. The van der Waals surface area contributed by atoms with Crippen LogP contribution >= 0.6 is 0 Å². The molecule has 2 aromatic carbocycles. The van der Waals surface area contributed by atoms with E-state index in [0.717, 1.165) is 11.1 Å². The Kier molecular flexibility index (Phi) is 6.76. The van der Waals surface area contributed by atoms with Crippen LogP contribution in [-0.4, -0.2) is 29.6 Å². The highest BCUT2D eigenvalue weighted by molar-refractivity contribution is 6.39. The van der Waals surface area contributed by atoms with Crippen molar-refractivity contribution in [3.63, 3.8) is 0 Å². The Bertz CT molecular complexity index is 789. The molecule has 0 bridgehead atoms. The van der Waals surface area contributed by atoms with Gasteiger partial charge in [0.05, 0.1) is 6.10 Å². The number of rotatable bonds is 4. The zero-order valence-corrected chi connectivity index (χ0v) is 14.0. The second-order valence-corrected chi connectivity index (χ2v) is 5.54. The first-order valence-corrected chi connectivity index (χ1v) is 7.99. The van der Waals surface area contributed by atoms with Crippen LogP contribution in [0.4, 0.5) is 5.69 Å². The van der Waals surface area contributed by atoms with Crippen molar-refractivity contribution in [2.75, 3.05) is 11.9 Å². The maximum absolute atomic E-state index is 11.9. The molecule has 0 saturated heterocycles. The SMILES string of the molecule is CC(O)CCNC(=O)C(=O)Nc1cccc(C#Cc2ccccc2)c1. The first-order chi connectivity index (χ1) is 12.0. The fourth-order valence-electron chi connectivity index (χ4n) is 2.00. The Hall–Kier alpha value is -3.10. The summed E-state index contributed by atoms with van der Waals surface area (Å²) in [6.07, 6.45) is -0.132. The lowest BCUT2D eigenvalue weighted by Crippen LogP contribution is -2.36. The van der Waals surface area contributed by atoms with Crippen molar-refractivity contribution in [2.45, 2.75) is 19.4 Å². The average Bonchev–Trinajstić information content (AvgIpc) is 2.61. The molecular weight excluding hydrogens is 316 g/mol. The first kappa shape index (κ1) is 18.2. The number of amides is 2. The standard InChI is InChI=1S/C20H20N2O3/c1-15(23)12-13-21-19(24)20(25)22-18-9-5-8-17(14-18)11-10-16-6-3-2-4-7-16/h2-9,14-15,23H,12-13H2,1H3,(H,21,24)(H,22,25). The van der Waals surface area contributed by atoms with Crippen LogP contribution in [0.5, 0.6) is 0 Å². The second kappa shape index (κ2) is 9.26. The van der Waals surface area contributed by atoms with E-state index in [1.165, 1.54) is 0 Å². The third kappa shape index (κ3) is 6.50. The third-order valence-electron chi connectivity index (χ3n) is 3.30. The van der Waals surface area contributed by atoms with Crippen LogP contribution in [0.15, 0.2) is 54.6 Å². The molecule has 0 radical (unpaired) electrons. The van der Waals surface area contributed by atoms with Gasteiger partial charge >= 0.3 is 11.8 Å². The number of nitrogens with one attached hydrogen (secondary N) is 2. The highest BCUT2D eigenvalue weighted by Gasteiger charge is 2.13. The fourth-order valence-corrected chi connectivity index (χ4v) is 2.00. The molecule has 3 N–H and O–H groups in total. The summed E-state index contributed by atoms with van der Waals surface area (Å²) >= 11 is 0. The van der Waals surface area contributed by atoms with E-state index >= 15 is 0 Å². The van der Waals surface area contributed by atoms with E-state index in [0.29, 0.717) is 12.1 Å². The zero-order valence-electron chi connectivity index (χ0n) is 14.0. The molecule has 25 heavy (non-hydrogen) atoms. The Morgan fingerprint density at radius 2 is 1.68 bits per heavy atom. The molecule has 0 aliphatic heterocycles. The molecule has 0 heterocycles. The lowest BCUT2D eigenvalue weighted by Gasteiger charge is -2.07. The van der Waals surface area contributed by atoms with Crippen molar-refractivity contribution < 1.29 is 14.7 Å². The minimum Gasteiger partial charge on any atom is -0.393 e. The quantitative estimate of drug-likeness (QED) is 0.589. The van der Waals surface area contributed by atoms with Crippen molar-refractivity contribution >= 4 is 17.5 Å². The van der Waals surface area contributed by atoms with E-state index in [4.69, 9.17) is 5.11 Å². The molecular formula is C20H20N2O3. The molecule has 128 valence electrons. The molecule has 5 heteroatoms. The van der Waals surface area contributed by atoms with Crippen LogP contribution in [0.1, 0.15) is 24.5 Å². The summed E-state index contributed by atoms with van der Waals surface area (Å²) in [5.74, 6) is 4.57. The van der Waals surface area contributed by atoms with Gasteiger partial charge in [0.15, 0.2) is 0 Å². The Morgan fingerprint density at radius 3 is 2.40 bits per heavy atom. The topological polar surface area (TPSA) is 78.4 Å². The number of hydrogen-bond acceptors (Lipinski definition) is 3. The first-order valence-electron chi connectivity index (χ1n) is 7.99. The number of carbonyl (C=O) groups is 2. The lowest BCUT2D eigenvalue weighted by molar-refractivity contribution is -0.136. The van der Waals surface area contributed by atoms with Crippen LogP contribution < -0.4 is 10.6 Å². The van der Waals surface area contributed by atoms with Gasteiger partial charge in [0, 0.05) is 23.4 Å². The van der Waals surface area contributed by atoms with E-state index in [1.54, 1.807) is 25.1 Å². The largest absolute Gasteiger partial charge is 0.393 e. The van der Waals surface area contributed by atoms with Crippen LogP contribution in [0.3, 0.4) is 0 Å². The van der Waals surface area contributed by atoms with E-state index < -0.39 is 17.9 Å². The summed E-state index contributed by atoms with van der Waals surface area (Å²) in [7, 11) is 0. The smallest absolute Gasteiger partial charge is 0.313 e. The predicted octanol–water partition coefficient (Wildman–Crippen LogP) is 1.91. The number of anilines is 1. The maximum atomic E-state index is 11.9. The Labute approximate surface area is 147 Å². The molecule has 0 saturated carbocycles. The summed E-state index contributed by atoms with van der Waals surface area (Å²) in [6, 6.07) is 16.6. The summed E-state index contributed by atoms with van der Waals surface area (Å²) in [5, 5.41) is 14.1. The molecule has 2 aromatic rings. The number of benzene rings is 2. The minimum absolute atomic E-state index is 0.243. The van der Waals surface area contributed by atoms with E-state index in [9.17, 15) is 9.59 Å². The van der Waals surface area contributed by atoms with Gasteiger partial charge in [-0.1, -0.05) is 36.1 Å². The number of aliphatic hydroxyl groups excluding tert-OH is 1. The molecule has 2 amide bonds. The van der Waals surface area contributed by atoms with Crippen LogP contribution in [-0.2, 0) is 9.59 Å². The highest BCUT2D eigenvalue weighted by atomic mass is 16.3. The summed E-state index contributed by atoms with van der Waals surface area (Å²) in [5.41, 5.74) is 2.13.